The number of aromatic nitrogens is 2. The summed E-state index contributed by atoms with van der Waals surface area (Å²) in [7, 11) is 0. The Morgan fingerprint density at radius 3 is 2.50 bits per heavy atom. The van der Waals surface area contributed by atoms with Crippen LogP contribution in [0.15, 0.2) is 28.7 Å². The topological polar surface area (TPSA) is 48.2 Å². The second-order valence-electron chi connectivity index (χ2n) is 4.08. The summed E-state index contributed by atoms with van der Waals surface area (Å²) >= 11 is 0. The number of hydrogen-bond acceptors (Lipinski definition) is 4. The Balaban J connectivity index is 2.02. The Bertz CT molecular complexity index is 477. The predicted octanol–water partition coefficient (Wildman–Crippen LogP) is 3.48. The maximum Gasteiger partial charge on any atom is 0.247 e. The molecule has 0 saturated heterocycles. The highest BCUT2D eigenvalue weighted by atomic mass is 16.5. The van der Waals surface area contributed by atoms with Gasteiger partial charge in [-0.3, -0.25) is 0 Å². The van der Waals surface area contributed by atoms with E-state index in [9.17, 15) is 0 Å². The van der Waals surface area contributed by atoms with Gasteiger partial charge in [-0.2, -0.15) is 0 Å². The van der Waals surface area contributed by atoms with Crippen molar-refractivity contribution in [3.63, 3.8) is 0 Å². The molecule has 4 heteroatoms. The van der Waals surface area contributed by atoms with E-state index in [1.54, 1.807) is 0 Å². The first-order valence-electron chi connectivity index (χ1n) is 6.39. The monoisotopic (exact) mass is 246 g/mol. The molecule has 96 valence electrons. The molecule has 0 radical (unpaired) electrons. The number of rotatable bonds is 6. The first-order chi connectivity index (χ1) is 8.83. The summed E-state index contributed by atoms with van der Waals surface area (Å²) in [5, 5.41) is 7.95. The highest BCUT2D eigenvalue weighted by molar-refractivity contribution is 5.53. The van der Waals surface area contributed by atoms with E-state index in [1.807, 2.05) is 31.2 Å². The van der Waals surface area contributed by atoms with Gasteiger partial charge in [0.2, 0.25) is 11.8 Å². The van der Waals surface area contributed by atoms with Gasteiger partial charge >= 0.3 is 0 Å². The van der Waals surface area contributed by atoms with Gasteiger partial charge in [0.1, 0.15) is 5.75 Å². The van der Waals surface area contributed by atoms with E-state index >= 15 is 0 Å². The molecule has 0 bridgehead atoms. The molecule has 2 aromatic rings. The number of aryl methyl sites for hydroxylation is 1. The predicted molar refractivity (Wildman–Crippen MR) is 69.5 cm³/mol. The highest BCUT2D eigenvalue weighted by Crippen LogP contribution is 2.21. The summed E-state index contributed by atoms with van der Waals surface area (Å²) in [6.45, 7) is 4.89. The van der Waals surface area contributed by atoms with Crippen LogP contribution >= 0.6 is 0 Å². The molecule has 1 aromatic carbocycles. The van der Waals surface area contributed by atoms with Crippen LogP contribution in [0.25, 0.3) is 11.5 Å². The van der Waals surface area contributed by atoms with Gasteiger partial charge in [0.15, 0.2) is 0 Å². The molecule has 2 rings (SSSR count). The zero-order valence-corrected chi connectivity index (χ0v) is 10.8. The van der Waals surface area contributed by atoms with Gasteiger partial charge in [0.25, 0.3) is 0 Å². The molecule has 0 fully saturated rings. The second kappa shape index (κ2) is 6.19. The normalized spacial score (nSPS) is 10.6. The zero-order chi connectivity index (χ0) is 12.8. The van der Waals surface area contributed by atoms with Crippen LogP contribution in [-0.4, -0.2) is 16.8 Å². The molecule has 0 aliphatic carbocycles. The summed E-state index contributed by atoms with van der Waals surface area (Å²) in [6, 6.07) is 7.74. The van der Waals surface area contributed by atoms with Gasteiger partial charge < -0.3 is 9.15 Å². The maximum atomic E-state index is 5.60. The number of unbranched alkanes of at least 4 members (excludes halogenated alkanes) is 1. The largest absolute Gasteiger partial charge is 0.494 e. The molecule has 1 heterocycles. The van der Waals surface area contributed by atoms with Crippen LogP contribution in [0.5, 0.6) is 5.75 Å². The van der Waals surface area contributed by atoms with Crippen molar-refractivity contribution in [2.75, 3.05) is 6.61 Å². The van der Waals surface area contributed by atoms with Gasteiger partial charge in [0.05, 0.1) is 6.61 Å². The smallest absolute Gasteiger partial charge is 0.247 e. The van der Waals surface area contributed by atoms with Gasteiger partial charge in [-0.05, 0) is 30.7 Å². The van der Waals surface area contributed by atoms with Crippen molar-refractivity contribution < 1.29 is 9.15 Å². The van der Waals surface area contributed by atoms with Crippen molar-refractivity contribution in [3.8, 4) is 17.2 Å². The fraction of sp³-hybridized carbons (Fsp3) is 0.429. The van der Waals surface area contributed by atoms with Gasteiger partial charge in [-0.1, -0.05) is 20.3 Å². The molecule has 0 aliphatic heterocycles. The van der Waals surface area contributed by atoms with Gasteiger partial charge in [-0.15, -0.1) is 10.2 Å². The summed E-state index contributed by atoms with van der Waals surface area (Å²) in [5.74, 6) is 2.10. The molecule has 0 unspecified atom stereocenters. The molecule has 0 amide bonds. The van der Waals surface area contributed by atoms with Crippen LogP contribution in [0.1, 0.15) is 32.6 Å². The van der Waals surface area contributed by atoms with Crippen molar-refractivity contribution in [2.24, 2.45) is 0 Å². The van der Waals surface area contributed by atoms with Crippen molar-refractivity contribution in [1.29, 1.82) is 0 Å². The average molecular weight is 246 g/mol. The number of benzene rings is 1. The minimum Gasteiger partial charge on any atom is -0.494 e. The second-order valence-corrected chi connectivity index (χ2v) is 4.08. The average Bonchev–Trinajstić information content (AvgIpc) is 2.89. The first kappa shape index (κ1) is 12.6. The lowest BCUT2D eigenvalue weighted by Gasteiger charge is -2.04. The number of nitrogens with zero attached hydrogens (tertiary/aromatic N) is 2. The van der Waals surface area contributed by atoms with Crippen LogP contribution in [0, 0.1) is 0 Å². The quantitative estimate of drug-likeness (QED) is 0.732. The van der Waals surface area contributed by atoms with Gasteiger partial charge in [-0.25, -0.2) is 0 Å². The molecule has 0 spiro atoms. The third-order valence-electron chi connectivity index (χ3n) is 2.64. The lowest BCUT2D eigenvalue weighted by atomic mass is 10.2. The van der Waals surface area contributed by atoms with Crippen molar-refractivity contribution in [2.45, 2.75) is 33.1 Å². The van der Waals surface area contributed by atoms with E-state index in [0.717, 1.165) is 37.2 Å². The standard InChI is InChI=1S/C14H18N2O2/c1-3-5-10-17-12-8-6-11(7-9-12)14-16-15-13(4-2)18-14/h6-9H,3-5,10H2,1-2H3. The molecule has 0 N–H and O–H groups in total. The minimum absolute atomic E-state index is 0.562. The van der Waals surface area contributed by atoms with E-state index < -0.39 is 0 Å². The number of ether oxygens (including phenoxy) is 1. The summed E-state index contributed by atoms with van der Waals surface area (Å²) in [5.41, 5.74) is 0.921. The Labute approximate surface area is 107 Å². The van der Waals surface area contributed by atoms with Crippen molar-refractivity contribution in [3.05, 3.63) is 30.2 Å². The Hall–Kier alpha value is -1.84. The number of hydrogen-bond donors (Lipinski definition) is 0. The fourth-order valence-corrected chi connectivity index (χ4v) is 1.54. The molecule has 0 atom stereocenters. The maximum absolute atomic E-state index is 5.60. The van der Waals surface area contributed by atoms with Crippen LogP contribution < -0.4 is 4.74 Å². The van der Waals surface area contributed by atoms with E-state index in [-0.39, 0.29) is 0 Å². The SMILES string of the molecule is CCCCOc1ccc(-c2nnc(CC)o2)cc1. The van der Waals surface area contributed by atoms with Crippen LogP contribution in [0.2, 0.25) is 0 Å². The fourth-order valence-electron chi connectivity index (χ4n) is 1.54. The van der Waals surface area contributed by atoms with E-state index in [2.05, 4.69) is 17.1 Å². The lowest BCUT2D eigenvalue weighted by Crippen LogP contribution is -1.95. The van der Waals surface area contributed by atoms with Crippen molar-refractivity contribution in [1.82, 2.24) is 10.2 Å². The van der Waals surface area contributed by atoms with Crippen LogP contribution in [-0.2, 0) is 6.42 Å². The summed E-state index contributed by atoms with van der Waals surface area (Å²) in [4.78, 5) is 0. The first-order valence-corrected chi connectivity index (χ1v) is 6.39. The molecule has 0 saturated carbocycles. The molecule has 4 nitrogen and oxygen atoms in total. The zero-order valence-electron chi connectivity index (χ0n) is 10.8. The minimum atomic E-state index is 0.562. The highest BCUT2D eigenvalue weighted by Gasteiger charge is 2.06. The van der Waals surface area contributed by atoms with E-state index in [4.69, 9.17) is 9.15 Å². The Morgan fingerprint density at radius 2 is 1.89 bits per heavy atom. The Kier molecular flexibility index (Phi) is 4.34. The summed E-state index contributed by atoms with van der Waals surface area (Å²) in [6.07, 6.45) is 2.97. The van der Waals surface area contributed by atoms with Crippen molar-refractivity contribution >= 4 is 0 Å². The Morgan fingerprint density at radius 1 is 1.11 bits per heavy atom. The molecular weight excluding hydrogens is 228 g/mol. The summed E-state index contributed by atoms with van der Waals surface area (Å²) < 4.78 is 11.1. The molecule has 18 heavy (non-hydrogen) atoms. The third-order valence-corrected chi connectivity index (χ3v) is 2.64. The third kappa shape index (κ3) is 3.09. The molecular formula is C14H18N2O2. The van der Waals surface area contributed by atoms with Crippen LogP contribution in [0.3, 0.4) is 0 Å². The van der Waals surface area contributed by atoms with Gasteiger partial charge in [0, 0.05) is 12.0 Å². The lowest BCUT2D eigenvalue weighted by molar-refractivity contribution is 0.309. The van der Waals surface area contributed by atoms with E-state index in [0.29, 0.717) is 11.8 Å². The van der Waals surface area contributed by atoms with Crippen LogP contribution in [0.4, 0.5) is 0 Å². The molecule has 1 aromatic heterocycles. The van der Waals surface area contributed by atoms with E-state index in [1.165, 1.54) is 0 Å². The molecule has 0 aliphatic rings.